The van der Waals surface area contributed by atoms with Gasteiger partial charge in [0.05, 0.1) is 15.5 Å². The van der Waals surface area contributed by atoms with E-state index in [-0.39, 0.29) is 10.7 Å². The zero-order valence-electron chi connectivity index (χ0n) is 10.7. The van der Waals surface area contributed by atoms with Gasteiger partial charge in [0.2, 0.25) is 0 Å². The van der Waals surface area contributed by atoms with Crippen LogP contribution in [0.1, 0.15) is 25.7 Å². The molecule has 0 atom stereocenters. The number of aromatic nitrogens is 1. The molecule has 0 aliphatic heterocycles. The van der Waals surface area contributed by atoms with Crippen LogP contribution in [-0.4, -0.2) is 34.2 Å². The number of anilines is 1. The summed E-state index contributed by atoms with van der Waals surface area (Å²) in [5.41, 5.74) is -0.844. The van der Waals surface area contributed by atoms with Crippen molar-refractivity contribution in [2.24, 2.45) is 0 Å². The van der Waals surface area contributed by atoms with Crippen LogP contribution in [0.2, 0.25) is 5.02 Å². The Morgan fingerprint density at radius 2 is 2.21 bits per heavy atom. The van der Waals surface area contributed by atoms with E-state index in [1.165, 1.54) is 12.3 Å². The van der Waals surface area contributed by atoms with E-state index in [0.717, 1.165) is 25.7 Å². The Bertz CT molecular complexity index is 489. The van der Waals surface area contributed by atoms with Crippen LogP contribution < -0.4 is 4.90 Å². The Balaban J connectivity index is 2.15. The lowest BCUT2D eigenvalue weighted by atomic mass is 10.0. The van der Waals surface area contributed by atoms with E-state index in [1.807, 2.05) is 0 Å². The standard InChI is InChI=1S/C12H16ClN3O3/c1-15(8-12(17)4-2-3-5-12)11-10(13)6-9(7-14-11)16(18)19/h6-7,17H,2-5,8H2,1H3. The lowest BCUT2D eigenvalue weighted by Gasteiger charge is -2.29. The molecule has 1 aliphatic rings. The Morgan fingerprint density at radius 1 is 1.58 bits per heavy atom. The third-order valence-electron chi connectivity index (χ3n) is 3.45. The fourth-order valence-electron chi connectivity index (χ4n) is 2.51. The predicted octanol–water partition coefficient (Wildman–Crippen LogP) is 2.38. The second-order valence-corrected chi connectivity index (χ2v) is 5.45. The van der Waals surface area contributed by atoms with E-state index in [2.05, 4.69) is 4.98 Å². The molecule has 1 aromatic rings. The SMILES string of the molecule is CN(CC1(O)CCCC1)c1ncc([N+](=O)[O-])cc1Cl. The summed E-state index contributed by atoms with van der Waals surface area (Å²) < 4.78 is 0. The van der Waals surface area contributed by atoms with Crippen LogP contribution in [0.5, 0.6) is 0 Å². The summed E-state index contributed by atoms with van der Waals surface area (Å²) in [6, 6.07) is 1.28. The van der Waals surface area contributed by atoms with E-state index in [9.17, 15) is 15.2 Å². The minimum Gasteiger partial charge on any atom is -0.388 e. The van der Waals surface area contributed by atoms with Crippen molar-refractivity contribution in [2.75, 3.05) is 18.5 Å². The fraction of sp³-hybridized carbons (Fsp3) is 0.583. The van der Waals surface area contributed by atoms with Gasteiger partial charge in [-0.1, -0.05) is 24.4 Å². The van der Waals surface area contributed by atoms with Gasteiger partial charge in [0.25, 0.3) is 5.69 Å². The Labute approximate surface area is 116 Å². The number of hydrogen-bond donors (Lipinski definition) is 1. The molecule has 0 bridgehead atoms. The van der Waals surface area contributed by atoms with Gasteiger partial charge in [0.1, 0.15) is 12.0 Å². The normalized spacial score (nSPS) is 17.4. The van der Waals surface area contributed by atoms with Gasteiger partial charge in [-0.25, -0.2) is 4.98 Å². The Kier molecular flexibility index (Phi) is 3.91. The number of rotatable bonds is 4. The van der Waals surface area contributed by atoms with Crippen molar-refractivity contribution < 1.29 is 10.0 Å². The first-order chi connectivity index (χ1) is 8.91. The lowest BCUT2D eigenvalue weighted by Crippen LogP contribution is -2.39. The summed E-state index contributed by atoms with van der Waals surface area (Å²) in [5.74, 6) is 0.451. The van der Waals surface area contributed by atoms with Crippen LogP contribution in [0.15, 0.2) is 12.3 Å². The second-order valence-electron chi connectivity index (χ2n) is 5.04. The van der Waals surface area contributed by atoms with E-state index >= 15 is 0 Å². The highest BCUT2D eigenvalue weighted by atomic mass is 35.5. The molecule has 0 aromatic carbocycles. The summed E-state index contributed by atoms with van der Waals surface area (Å²) in [7, 11) is 1.77. The Morgan fingerprint density at radius 3 is 2.74 bits per heavy atom. The molecular weight excluding hydrogens is 270 g/mol. The molecule has 0 saturated heterocycles. The van der Waals surface area contributed by atoms with Gasteiger partial charge in [-0.15, -0.1) is 0 Å². The monoisotopic (exact) mass is 285 g/mol. The van der Waals surface area contributed by atoms with Gasteiger partial charge in [-0.3, -0.25) is 10.1 Å². The average molecular weight is 286 g/mol. The quantitative estimate of drug-likeness (QED) is 0.679. The first-order valence-corrected chi connectivity index (χ1v) is 6.52. The predicted molar refractivity (Wildman–Crippen MR) is 72.6 cm³/mol. The van der Waals surface area contributed by atoms with Crippen LogP contribution in [0.25, 0.3) is 0 Å². The Hall–Kier alpha value is -1.40. The zero-order chi connectivity index (χ0) is 14.0. The van der Waals surface area contributed by atoms with Crippen molar-refractivity contribution >= 4 is 23.1 Å². The molecular formula is C12H16ClN3O3. The van der Waals surface area contributed by atoms with E-state index in [4.69, 9.17) is 11.6 Å². The minimum absolute atomic E-state index is 0.137. The number of nitrogens with zero attached hydrogens (tertiary/aromatic N) is 3. The molecule has 0 spiro atoms. The molecule has 7 heteroatoms. The van der Waals surface area contributed by atoms with Crippen molar-refractivity contribution in [1.82, 2.24) is 4.98 Å². The van der Waals surface area contributed by atoms with Crippen LogP contribution in [0.3, 0.4) is 0 Å². The van der Waals surface area contributed by atoms with E-state index in [0.29, 0.717) is 12.4 Å². The molecule has 1 N–H and O–H groups in total. The maximum absolute atomic E-state index is 10.6. The number of aliphatic hydroxyl groups is 1. The molecule has 104 valence electrons. The highest BCUT2D eigenvalue weighted by Gasteiger charge is 2.33. The number of halogens is 1. The maximum Gasteiger partial charge on any atom is 0.289 e. The van der Waals surface area contributed by atoms with Crippen LogP contribution in [0, 0.1) is 10.1 Å². The maximum atomic E-state index is 10.6. The summed E-state index contributed by atoms with van der Waals surface area (Å²) >= 11 is 6.01. The molecule has 1 fully saturated rings. The summed E-state index contributed by atoms with van der Waals surface area (Å²) in [6.45, 7) is 0.428. The molecule has 6 nitrogen and oxygen atoms in total. The van der Waals surface area contributed by atoms with Gasteiger partial charge in [0.15, 0.2) is 0 Å². The largest absolute Gasteiger partial charge is 0.388 e. The van der Waals surface area contributed by atoms with Gasteiger partial charge >= 0.3 is 0 Å². The molecule has 0 amide bonds. The average Bonchev–Trinajstić information content (AvgIpc) is 2.75. The number of nitro groups is 1. The summed E-state index contributed by atoms with van der Waals surface area (Å²) in [5, 5.41) is 21.2. The third-order valence-corrected chi connectivity index (χ3v) is 3.72. The van der Waals surface area contributed by atoms with E-state index in [1.54, 1.807) is 11.9 Å². The lowest BCUT2D eigenvalue weighted by molar-refractivity contribution is -0.385. The number of pyridine rings is 1. The first-order valence-electron chi connectivity index (χ1n) is 6.15. The highest BCUT2D eigenvalue weighted by molar-refractivity contribution is 6.33. The first kappa shape index (κ1) is 14.0. The van der Waals surface area contributed by atoms with Crippen LogP contribution >= 0.6 is 11.6 Å². The van der Waals surface area contributed by atoms with E-state index < -0.39 is 10.5 Å². The molecule has 1 aromatic heterocycles. The molecule has 1 heterocycles. The van der Waals surface area contributed by atoms with Gasteiger partial charge < -0.3 is 10.0 Å². The molecule has 0 radical (unpaired) electrons. The van der Waals surface area contributed by atoms with Crippen LogP contribution in [0.4, 0.5) is 11.5 Å². The van der Waals surface area contributed by atoms with Crippen molar-refractivity contribution in [2.45, 2.75) is 31.3 Å². The van der Waals surface area contributed by atoms with Gasteiger partial charge in [-0.2, -0.15) is 0 Å². The molecule has 1 saturated carbocycles. The highest BCUT2D eigenvalue weighted by Crippen LogP contribution is 2.33. The van der Waals surface area contributed by atoms with Gasteiger partial charge in [0, 0.05) is 19.7 Å². The van der Waals surface area contributed by atoms with Crippen molar-refractivity contribution in [3.05, 3.63) is 27.4 Å². The van der Waals surface area contributed by atoms with Crippen molar-refractivity contribution in [3.8, 4) is 0 Å². The third kappa shape index (κ3) is 3.13. The van der Waals surface area contributed by atoms with Crippen molar-refractivity contribution in [1.29, 1.82) is 0 Å². The molecule has 1 aliphatic carbocycles. The second kappa shape index (κ2) is 5.30. The number of hydrogen-bond acceptors (Lipinski definition) is 5. The molecule has 0 unspecified atom stereocenters. The van der Waals surface area contributed by atoms with Crippen molar-refractivity contribution in [3.63, 3.8) is 0 Å². The zero-order valence-corrected chi connectivity index (χ0v) is 11.4. The smallest absolute Gasteiger partial charge is 0.289 e. The molecule has 2 rings (SSSR count). The summed E-state index contributed by atoms with van der Waals surface area (Å²) in [4.78, 5) is 15.8. The number of likely N-dealkylation sites (N-methyl/N-ethyl adjacent to an activating group) is 1. The van der Waals surface area contributed by atoms with Crippen LogP contribution in [-0.2, 0) is 0 Å². The fourth-order valence-corrected chi connectivity index (χ4v) is 2.81. The van der Waals surface area contributed by atoms with Gasteiger partial charge in [-0.05, 0) is 12.8 Å². The topological polar surface area (TPSA) is 79.5 Å². The summed E-state index contributed by atoms with van der Waals surface area (Å²) in [6.07, 6.45) is 4.75. The molecule has 19 heavy (non-hydrogen) atoms. The minimum atomic E-state index is -0.707.